The van der Waals surface area contributed by atoms with E-state index in [1.54, 1.807) is 24.3 Å². The molecule has 0 aromatic heterocycles. The molecule has 150 valence electrons. The highest BCUT2D eigenvalue weighted by molar-refractivity contribution is 6.13. The van der Waals surface area contributed by atoms with Crippen molar-refractivity contribution in [2.75, 3.05) is 0 Å². The predicted octanol–water partition coefficient (Wildman–Crippen LogP) is 2.96. The number of benzene rings is 2. The topological polar surface area (TPSA) is 74.8 Å². The Morgan fingerprint density at radius 1 is 0.862 bits per heavy atom. The molecule has 6 heteroatoms. The molecule has 1 fully saturated rings. The third kappa shape index (κ3) is 3.97. The number of carbonyl (C=O) groups excluding carboxylic acids is 4. The lowest BCUT2D eigenvalue weighted by Gasteiger charge is -2.38. The first-order valence-corrected chi connectivity index (χ1v) is 9.88. The van der Waals surface area contributed by atoms with Crippen molar-refractivity contribution in [2.45, 2.75) is 45.7 Å². The van der Waals surface area contributed by atoms with Gasteiger partial charge in [0.25, 0.3) is 11.8 Å². The zero-order chi connectivity index (χ0) is 21.0. The van der Waals surface area contributed by atoms with Gasteiger partial charge in [-0.2, -0.15) is 0 Å². The van der Waals surface area contributed by atoms with Gasteiger partial charge in [-0.05, 0) is 23.6 Å². The van der Waals surface area contributed by atoms with Crippen LogP contribution in [0, 0.1) is 0 Å². The van der Waals surface area contributed by atoms with Crippen molar-refractivity contribution in [3.05, 3.63) is 71.3 Å². The van der Waals surface area contributed by atoms with Crippen LogP contribution in [0.5, 0.6) is 0 Å². The molecule has 0 N–H and O–H groups in total. The summed E-state index contributed by atoms with van der Waals surface area (Å²) in [7, 11) is 0. The van der Waals surface area contributed by atoms with Gasteiger partial charge in [-0.15, -0.1) is 0 Å². The SMILES string of the molecule is CC.O=C1CCC(N2C(=O)Cc3ccccc3C2=O)C(=O)N1Cc1ccccc1. The van der Waals surface area contributed by atoms with Crippen molar-refractivity contribution < 1.29 is 19.2 Å². The molecule has 1 atom stereocenters. The minimum atomic E-state index is -0.931. The van der Waals surface area contributed by atoms with Gasteiger partial charge in [-0.3, -0.25) is 29.0 Å². The first kappa shape index (κ1) is 20.5. The van der Waals surface area contributed by atoms with Crippen molar-refractivity contribution >= 4 is 23.6 Å². The minimum Gasteiger partial charge on any atom is -0.276 e. The molecular formula is C23H24N2O4. The molecule has 1 unspecified atom stereocenters. The van der Waals surface area contributed by atoms with E-state index in [1.807, 2.05) is 44.2 Å². The van der Waals surface area contributed by atoms with Crippen molar-refractivity contribution in [3.63, 3.8) is 0 Å². The normalized spacial score (nSPS) is 18.9. The highest BCUT2D eigenvalue weighted by Gasteiger charge is 2.44. The Morgan fingerprint density at radius 3 is 2.24 bits per heavy atom. The summed E-state index contributed by atoms with van der Waals surface area (Å²) >= 11 is 0. The number of hydrogen-bond donors (Lipinski definition) is 0. The zero-order valence-electron chi connectivity index (χ0n) is 16.6. The molecule has 0 spiro atoms. The fourth-order valence-electron chi connectivity index (χ4n) is 3.68. The molecule has 1 saturated heterocycles. The van der Waals surface area contributed by atoms with E-state index in [9.17, 15) is 19.2 Å². The van der Waals surface area contributed by atoms with Crippen LogP contribution in [0.2, 0.25) is 0 Å². The number of hydrogen-bond acceptors (Lipinski definition) is 4. The van der Waals surface area contributed by atoms with Gasteiger partial charge < -0.3 is 0 Å². The van der Waals surface area contributed by atoms with E-state index in [4.69, 9.17) is 0 Å². The maximum atomic E-state index is 13.0. The molecule has 0 radical (unpaired) electrons. The fourth-order valence-corrected chi connectivity index (χ4v) is 3.68. The van der Waals surface area contributed by atoms with Crippen LogP contribution < -0.4 is 0 Å². The number of piperidine rings is 1. The van der Waals surface area contributed by atoms with Crippen LogP contribution in [0.15, 0.2) is 54.6 Å². The molecule has 0 bridgehead atoms. The van der Waals surface area contributed by atoms with E-state index in [0.717, 1.165) is 15.4 Å². The molecule has 2 aliphatic heterocycles. The Balaban J connectivity index is 0.00000117. The fraction of sp³-hybridized carbons (Fsp3) is 0.304. The average Bonchev–Trinajstić information content (AvgIpc) is 2.75. The summed E-state index contributed by atoms with van der Waals surface area (Å²) in [6, 6.07) is 15.2. The number of carbonyl (C=O) groups is 4. The van der Waals surface area contributed by atoms with Gasteiger partial charge in [0.15, 0.2) is 0 Å². The number of nitrogens with zero attached hydrogens (tertiary/aromatic N) is 2. The molecule has 6 nitrogen and oxygen atoms in total. The second-order valence-electron chi connectivity index (χ2n) is 6.76. The zero-order valence-corrected chi connectivity index (χ0v) is 16.6. The standard InChI is InChI=1S/C21H18N2O4.C2H6/c24-18-11-10-17(21(27)22(18)13-14-6-2-1-3-7-14)23-19(25)12-15-8-4-5-9-16(15)20(23)26;1-2/h1-9,17H,10-13H2;1-2H3. The molecule has 29 heavy (non-hydrogen) atoms. The minimum absolute atomic E-state index is 0.0817. The predicted molar refractivity (Wildman–Crippen MR) is 108 cm³/mol. The highest BCUT2D eigenvalue weighted by atomic mass is 16.2. The van der Waals surface area contributed by atoms with Crippen molar-refractivity contribution in [3.8, 4) is 0 Å². The van der Waals surface area contributed by atoms with E-state index >= 15 is 0 Å². The van der Waals surface area contributed by atoms with Crippen molar-refractivity contribution in [1.29, 1.82) is 0 Å². The van der Waals surface area contributed by atoms with Crippen LogP contribution in [-0.4, -0.2) is 39.5 Å². The molecule has 4 rings (SSSR count). The molecule has 2 aromatic carbocycles. The Kier molecular flexibility index (Phi) is 6.22. The average molecular weight is 392 g/mol. The first-order chi connectivity index (χ1) is 14.1. The number of imide groups is 2. The van der Waals surface area contributed by atoms with Gasteiger partial charge in [0.05, 0.1) is 13.0 Å². The smallest absolute Gasteiger partial charge is 0.261 e. The molecule has 4 amide bonds. The molecule has 2 aliphatic rings. The third-order valence-corrected chi connectivity index (χ3v) is 5.06. The van der Waals surface area contributed by atoms with Gasteiger partial charge >= 0.3 is 0 Å². The van der Waals surface area contributed by atoms with Gasteiger partial charge in [0, 0.05) is 12.0 Å². The Bertz CT molecular complexity index is 939. The van der Waals surface area contributed by atoms with E-state index in [-0.39, 0.29) is 31.7 Å². The Labute approximate surface area is 170 Å². The number of fused-ring (bicyclic) bond motifs is 1. The van der Waals surface area contributed by atoms with Gasteiger partial charge in [-0.25, -0.2) is 0 Å². The summed E-state index contributed by atoms with van der Waals surface area (Å²) < 4.78 is 0. The van der Waals surface area contributed by atoms with E-state index in [0.29, 0.717) is 11.1 Å². The summed E-state index contributed by atoms with van der Waals surface area (Å²) in [5.74, 6) is -1.63. The quantitative estimate of drug-likeness (QED) is 0.753. The number of rotatable bonds is 3. The number of amides is 4. The first-order valence-electron chi connectivity index (χ1n) is 9.88. The van der Waals surface area contributed by atoms with Crippen LogP contribution >= 0.6 is 0 Å². The van der Waals surface area contributed by atoms with E-state index in [1.165, 1.54) is 0 Å². The monoisotopic (exact) mass is 392 g/mol. The summed E-state index contributed by atoms with van der Waals surface area (Å²) in [5, 5.41) is 0. The van der Waals surface area contributed by atoms with Crippen LogP contribution in [0.1, 0.15) is 48.2 Å². The lowest BCUT2D eigenvalue weighted by molar-refractivity contribution is -0.156. The van der Waals surface area contributed by atoms with Crippen LogP contribution in [-0.2, 0) is 27.3 Å². The molecule has 0 saturated carbocycles. The largest absolute Gasteiger partial charge is 0.276 e. The maximum absolute atomic E-state index is 13.0. The van der Waals surface area contributed by atoms with Gasteiger partial charge in [-0.1, -0.05) is 62.4 Å². The summed E-state index contributed by atoms with van der Waals surface area (Å²) in [4.78, 5) is 53.0. The molecule has 2 heterocycles. The van der Waals surface area contributed by atoms with Gasteiger partial charge in [0.2, 0.25) is 11.8 Å². The maximum Gasteiger partial charge on any atom is 0.261 e. The molecular weight excluding hydrogens is 368 g/mol. The van der Waals surface area contributed by atoms with Crippen LogP contribution in [0.25, 0.3) is 0 Å². The van der Waals surface area contributed by atoms with Crippen molar-refractivity contribution in [2.24, 2.45) is 0 Å². The molecule has 2 aromatic rings. The lowest BCUT2D eigenvalue weighted by Crippen LogP contribution is -2.58. The Hall–Kier alpha value is -3.28. The second-order valence-corrected chi connectivity index (χ2v) is 6.76. The summed E-state index contributed by atoms with van der Waals surface area (Å²) in [6.45, 7) is 4.14. The van der Waals surface area contributed by atoms with Crippen molar-refractivity contribution in [1.82, 2.24) is 9.80 Å². The molecule has 0 aliphatic carbocycles. The van der Waals surface area contributed by atoms with E-state index in [2.05, 4.69) is 0 Å². The second kappa shape index (κ2) is 8.82. The highest BCUT2D eigenvalue weighted by Crippen LogP contribution is 2.27. The Morgan fingerprint density at radius 2 is 1.52 bits per heavy atom. The summed E-state index contributed by atoms with van der Waals surface area (Å²) in [6.07, 6.45) is 0.378. The van der Waals surface area contributed by atoms with Crippen LogP contribution in [0.4, 0.5) is 0 Å². The van der Waals surface area contributed by atoms with E-state index < -0.39 is 23.8 Å². The third-order valence-electron chi connectivity index (χ3n) is 5.06. The summed E-state index contributed by atoms with van der Waals surface area (Å²) in [5.41, 5.74) is 1.93. The number of likely N-dealkylation sites (tertiary alicyclic amines) is 1. The lowest BCUT2D eigenvalue weighted by atomic mass is 9.94. The van der Waals surface area contributed by atoms with Gasteiger partial charge in [0.1, 0.15) is 6.04 Å². The van der Waals surface area contributed by atoms with Crippen LogP contribution in [0.3, 0.4) is 0 Å².